The highest BCUT2D eigenvalue weighted by atomic mass is 16.5. The predicted molar refractivity (Wildman–Crippen MR) is 142 cm³/mol. The molecule has 1 aliphatic heterocycles. The molecule has 4 rings (SSSR count). The average Bonchev–Trinajstić information content (AvgIpc) is 3.25. The Morgan fingerprint density at radius 3 is 2.42 bits per heavy atom. The summed E-state index contributed by atoms with van der Waals surface area (Å²) in [5.41, 5.74) is 3.92. The SMILES string of the molecule is COc1ccc(CN2CCC([C@@H](Cc3ccccc3)N(C)C(=O)c3cc(C)nn3C)CC2)c(OC)c1. The molecule has 1 aliphatic rings. The van der Waals surface area contributed by atoms with Crippen molar-refractivity contribution in [2.24, 2.45) is 13.0 Å². The van der Waals surface area contributed by atoms with E-state index in [9.17, 15) is 4.79 Å². The molecule has 7 nitrogen and oxygen atoms in total. The van der Waals surface area contributed by atoms with Crippen LogP contribution in [0, 0.1) is 12.8 Å². The van der Waals surface area contributed by atoms with Crippen LogP contribution in [0.2, 0.25) is 0 Å². The maximum Gasteiger partial charge on any atom is 0.272 e. The van der Waals surface area contributed by atoms with E-state index in [1.165, 1.54) is 5.56 Å². The van der Waals surface area contributed by atoms with Gasteiger partial charge in [-0.3, -0.25) is 14.4 Å². The van der Waals surface area contributed by atoms with Gasteiger partial charge in [-0.25, -0.2) is 0 Å². The van der Waals surface area contributed by atoms with Crippen LogP contribution >= 0.6 is 0 Å². The number of aryl methyl sites for hydroxylation is 2. The highest BCUT2D eigenvalue weighted by Crippen LogP contribution is 2.30. The molecule has 192 valence electrons. The molecular formula is C29H38N4O3. The first-order chi connectivity index (χ1) is 17.4. The second-order valence-electron chi connectivity index (χ2n) is 9.76. The number of likely N-dealkylation sites (tertiary alicyclic amines) is 1. The fourth-order valence-corrected chi connectivity index (χ4v) is 5.34. The maximum atomic E-state index is 13.5. The number of methoxy groups -OCH3 is 2. The van der Waals surface area contributed by atoms with Gasteiger partial charge >= 0.3 is 0 Å². The van der Waals surface area contributed by atoms with Gasteiger partial charge in [0.25, 0.3) is 5.91 Å². The van der Waals surface area contributed by atoms with Gasteiger partial charge in [0.1, 0.15) is 17.2 Å². The normalized spacial score (nSPS) is 15.5. The Labute approximate surface area is 214 Å². The van der Waals surface area contributed by atoms with Gasteiger partial charge in [-0.15, -0.1) is 0 Å². The molecule has 1 aromatic heterocycles. The molecule has 0 radical (unpaired) electrons. The first kappa shape index (κ1) is 25.8. The highest BCUT2D eigenvalue weighted by molar-refractivity contribution is 5.92. The van der Waals surface area contributed by atoms with Crippen molar-refractivity contribution in [1.29, 1.82) is 0 Å². The first-order valence-electron chi connectivity index (χ1n) is 12.6. The number of amides is 1. The Morgan fingerprint density at radius 1 is 1.08 bits per heavy atom. The Bertz CT molecular complexity index is 1150. The van der Waals surface area contributed by atoms with E-state index in [1.54, 1.807) is 18.9 Å². The number of ether oxygens (including phenoxy) is 2. The third-order valence-corrected chi connectivity index (χ3v) is 7.39. The van der Waals surface area contributed by atoms with Gasteiger partial charge < -0.3 is 14.4 Å². The van der Waals surface area contributed by atoms with E-state index in [0.717, 1.165) is 61.7 Å². The Hall–Kier alpha value is -3.32. The minimum atomic E-state index is 0.0319. The summed E-state index contributed by atoms with van der Waals surface area (Å²) in [4.78, 5) is 17.9. The molecule has 1 saturated heterocycles. The van der Waals surface area contributed by atoms with E-state index >= 15 is 0 Å². The summed E-state index contributed by atoms with van der Waals surface area (Å²) in [6.07, 6.45) is 2.92. The summed E-state index contributed by atoms with van der Waals surface area (Å²) in [6.45, 7) is 4.73. The molecule has 1 atom stereocenters. The average molecular weight is 491 g/mol. The molecule has 0 spiro atoms. The number of piperidine rings is 1. The van der Waals surface area contributed by atoms with Crippen LogP contribution in [-0.2, 0) is 20.0 Å². The largest absolute Gasteiger partial charge is 0.497 e. The van der Waals surface area contributed by atoms with E-state index in [4.69, 9.17) is 9.47 Å². The lowest BCUT2D eigenvalue weighted by molar-refractivity contribution is 0.0574. The molecule has 3 aromatic rings. The van der Waals surface area contributed by atoms with Gasteiger partial charge in [-0.05, 0) is 62.9 Å². The van der Waals surface area contributed by atoms with Crippen molar-refractivity contribution >= 4 is 5.91 Å². The Kier molecular flexibility index (Phi) is 8.31. The lowest BCUT2D eigenvalue weighted by Gasteiger charge is -2.40. The molecule has 0 bridgehead atoms. The summed E-state index contributed by atoms with van der Waals surface area (Å²) < 4.78 is 12.6. The van der Waals surface area contributed by atoms with Crippen molar-refractivity contribution in [2.45, 2.75) is 38.8 Å². The van der Waals surface area contributed by atoms with Crippen molar-refractivity contribution in [3.05, 3.63) is 77.1 Å². The van der Waals surface area contributed by atoms with Crippen LogP contribution < -0.4 is 9.47 Å². The number of benzene rings is 2. The zero-order chi connectivity index (χ0) is 25.7. The second kappa shape index (κ2) is 11.6. The third kappa shape index (κ3) is 5.90. The van der Waals surface area contributed by atoms with Crippen LogP contribution in [0.4, 0.5) is 0 Å². The molecule has 36 heavy (non-hydrogen) atoms. The van der Waals surface area contributed by atoms with Crippen molar-refractivity contribution < 1.29 is 14.3 Å². The number of carbonyl (C=O) groups excluding carboxylic acids is 1. The highest BCUT2D eigenvalue weighted by Gasteiger charge is 2.33. The summed E-state index contributed by atoms with van der Waals surface area (Å²) >= 11 is 0. The Morgan fingerprint density at radius 2 is 1.81 bits per heavy atom. The summed E-state index contributed by atoms with van der Waals surface area (Å²) in [7, 11) is 7.16. The fourth-order valence-electron chi connectivity index (χ4n) is 5.34. The molecular weight excluding hydrogens is 452 g/mol. The van der Waals surface area contributed by atoms with Crippen molar-refractivity contribution in [1.82, 2.24) is 19.6 Å². The van der Waals surface area contributed by atoms with Crippen LogP contribution in [0.3, 0.4) is 0 Å². The monoisotopic (exact) mass is 490 g/mol. The summed E-state index contributed by atoms with van der Waals surface area (Å²) in [5.74, 6) is 2.11. The number of hydrogen-bond acceptors (Lipinski definition) is 5. The standard InChI is InChI=1S/C29H38N4O3/c1-21-17-27(32(3)30-21)29(34)31(2)26(18-22-9-7-6-8-10-22)23-13-15-33(16-14-23)20-24-11-12-25(35-4)19-28(24)36-5/h6-12,17,19,23,26H,13-16,18,20H2,1-5H3/t26-/m1/s1. The fraction of sp³-hybridized carbons (Fsp3) is 0.448. The lowest BCUT2D eigenvalue weighted by atomic mass is 9.84. The van der Waals surface area contributed by atoms with Gasteiger partial charge in [0, 0.05) is 38.3 Å². The summed E-state index contributed by atoms with van der Waals surface area (Å²) in [5, 5.41) is 4.39. The molecule has 2 aromatic carbocycles. The maximum absolute atomic E-state index is 13.5. The molecule has 1 fully saturated rings. The zero-order valence-corrected chi connectivity index (χ0v) is 22.1. The van der Waals surface area contributed by atoms with Crippen molar-refractivity contribution in [3.8, 4) is 11.5 Å². The van der Waals surface area contributed by atoms with Gasteiger partial charge in [-0.2, -0.15) is 5.10 Å². The smallest absolute Gasteiger partial charge is 0.272 e. The first-order valence-corrected chi connectivity index (χ1v) is 12.6. The van der Waals surface area contributed by atoms with Crippen LogP contribution in [0.15, 0.2) is 54.6 Å². The third-order valence-electron chi connectivity index (χ3n) is 7.39. The number of rotatable bonds is 9. The van der Waals surface area contributed by atoms with E-state index in [-0.39, 0.29) is 11.9 Å². The van der Waals surface area contributed by atoms with Crippen LogP contribution in [0.1, 0.15) is 40.2 Å². The topological polar surface area (TPSA) is 59.8 Å². The molecule has 7 heteroatoms. The zero-order valence-electron chi connectivity index (χ0n) is 22.1. The Balaban J connectivity index is 1.47. The van der Waals surface area contributed by atoms with E-state index in [2.05, 4.69) is 40.3 Å². The summed E-state index contributed by atoms with van der Waals surface area (Å²) in [6, 6.07) is 18.5. The van der Waals surface area contributed by atoms with Crippen LogP contribution in [0.25, 0.3) is 0 Å². The number of aromatic nitrogens is 2. The van der Waals surface area contributed by atoms with Crippen molar-refractivity contribution in [2.75, 3.05) is 34.4 Å². The van der Waals surface area contributed by atoms with Crippen molar-refractivity contribution in [3.63, 3.8) is 0 Å². The molecule has 0 saturated carbocycles. The molecule has 0 N–H and O–H groups in total. The van der Waals surface area contributed by atoms with E-state index < -0.39 is 0 Å². The van der Waals surface area contributed by atoms with Gasteiger partial charge in [0.05, 0.1) is 19.9 Å². The number of nitrogens with zero attached hydrogens (tertiary/aromatic N) is 4. The minimum Gasteiger partial charge on any atom is -0.497 e. The van der Waals surface area contributed by atoms with Gasteiger partial charge in [0.15, 0.2) is 0 Å². The van der Waals surface area contributed by atoms with Crippen LogP contribution in [0.5, 0.6) is 11.5 Å². The van der Waals surface area contributed by atoms with E-state index in [0.29, 0.717) is 11.6 Å². The number of likely N-dealkylation sites (N-methyl/N-ethyl adjacent to an activating group) is 1. The number of hydrogen-bond donors (Lipinski definition) is 0. The predicted octanol–water partition coefficient (Wildman–Crippen LogP) is 4.34. The van der Waals surface area contributed by atoms with E-state index in [1.807, 2.05) is 50.2 Å². The van der Waals surface area contributed by atoms with Crippen LogP contribution in [-0.4, -0.2) is 65.9 Å². The minimum absolute atomic E-state index is 0.0319. The molecule has 2 heterocycles. The molecule has 0 aliphatic carbocycles. The molecule has 0 unspecified atom stereocenters. The lowest BCUT2D eigenvalue weighted by Crippen LogP contribution is -2.47. The van der Waals surface area contributed by atoms with Gasteiger partial charge in [0.2, 0.25) is 0 Å². The molecule has 1 amide bonds. The number of carbonyl (C=O) groups is 1. The quantitative estimate of drug-likeness (QED) is 0.447. The second-order valence-corrected chi connectivity index (χ2v) is 9.76. The van der Waals surface area contributed by atoms with Gasteiger partial charge in [-0.1, -0.05) is 36.4 Å².